The van der Waals surface area contributed by atoms with Crippen LogP contribution in [0.1, 0.15) is 11.4 Å². The lowest BCUT2D eigenvalue weighted by atomic mass is 10.3. The summed E-state index contributed by atoms with van der Waals surface area (Å²) in [5, 5.41) is 0. The Hall–Kier alpha value is -2.64. The van der Waals surface area contributed by atoms with Gasteiger partial charge in [0.15, 0.2) is 6.61 Å². The van der Waals surface area contributed by atoms with Crippen LogP contribution in [0.25, 0.3) is 0 Å². The fourth-order valence-corrected chi connectivity index (χ4v) is 1.79. The number of ether oxygens (including phenoxy) is 1. The predicted molar refractivity (Wildman–Crippen MR) is 75.1 cm³/mol. The molecule has 0 aliphatic heterocycles. The van der Waals surface area contributed by atoms with Gasteiger partial charge in [0.25, 0.3) is 0 Å². The average Bonchev–Trinajstić information content (AvgIpc) is 2.53. The van der Waals surface area contributed by atoms with Gasteiger partial charge in [-0.05, 0) is 24.3 Å². The number of pyridine rings is 2. The molecule has 2 aromatic heterocycles. The Morgan fingerprint density at radius 3 is 1.91 bits per heavy atom. The minimum Gasteiger partial charge on any atom is -0.440 e. The number of carbonyl (C=O) groups is 1. The van der Waals surface area contributed by atoms with Crippen LogP contribution in [0, 0.1) is 0 Å². The molecule has 0 aromatic carbocycles. The molecule has 0 fully saturated rings. The smallest absolute Gasteiger partial charge is 0.422 e. The first kappa shape index (κ1) is 16.7. The number of alkyl halides is 3. The van der Waals surface area contributed by atoms with Crippen LogP contribution in [0.2, 0.25) is 0 Å². The van der Waals surface area contributed by atoms with Crippen molar-refractivity contribution in [1.82, 2.24) is 14.9 Å². The zero-order valence-corrected chi connectivity index (χ0v) is 12.0. The summed E-state index contributed by atoms with van der Waals surface area (Å²) in [5.74, 6) is 0. The number of halogens is 3. The Bertz CT molecular complexity index is 579. The minimum atomic E-state index is -4.57. The fraction of sp³-hybridized carbons (Fsp3) is 0.267. The van der Waals surface area contributed by atoms with Crippen molar-refractivity contribution >= 4 is 6.09 Å². The first-order valence-electron chi connectivity index (χ1n) is 6.72. The minimum absolute atomic E-state index is 0.0219. The maximum Gasteiger partial charge on any atom is 0.422 e. The molecule has 23 heavy (non-hydrogen) atoms. The van der Waals surface area contributed by atoms with Crippen LogP contribution in [-0.2, 0) is 17.8 Å². The van der Waals surface area contributed by atoms with E-state index in [0.29, 0.717) is 11.4 Å². The van der Waals surface area contributed by atoms with Gasteiger partial charge in [0.05, 0.1) is 24.5 Å². The van der Waals surface area contributed by atoms with Crippen molar-refractivity contribution in [2.45, 2.75) is 19.3 Å². The Balaban J connectivity index is 2.08. The monoisotopic (exact) mass is 325 g/mol. The molecule has 0 saturated heterocycles. The fourth-order valence-electron chi connectivity index (χ4n) is 1.79. The van der Waals surface area contributed by atoms with Crippen LogP contribution >= 0.6 is 0 Å². The molecule has 0 atom stereocenters. The highest BCUT2D eigenvalue weighted by atomic mass is 19.4. The number of carbonyl (C=O) groups excluding carboxylic acids is 1. The SMILES string of the molecule is O=C(OCC(F)(F)F)N(Cc1ccccn1)Cc1ccccn1. The number of aromatic nitrogens is 2. The van der Waals surface area contributed by atoms with Crippen molar-refractivity contribution in [1.29, 1.82) is 0 Å². The predicted octanol–water partition coefficient (Wildman–Crippen LogP) is 3.18. The molecule has 0 saturated carbocycles. The van der Waals surface area contributed by atoms with E-state index >= 15 is 0 Å². The summed E-state index contributed by atoms with van der Waals surface area (Å²) in [7, 11) is 0. The van der Waals surface area contributed by atoms with E-state index in [2.05, 4.69) is 14.7 Å². The highest BCUT2D eigenvalue weighted by Gasteiger charge is 2.31. The Morgan fingerprint density at radius 2 is 1.52 bits per heavy atom. The first-order chi connectivity index (χ1) is 10.9. The molecular formula is C15H14F3N3O2. The van der Waals surface area contributed by atoms with E-state index in [0.717, 1.165) is 4.90 Å². The van der Waals surface area contributed by atoms with Crippen molar-refractivity contribution in [3.05, 3.63) is 60.2 Å². The number of amides is 1. The topological polar surface area (TPSA) is 55.3 Å². The van der Waals surface area contributed by atoms with Crippen molar-refractivity contribution in [3.63, 3.8) is 0 Å². The van der Waals surface area contributed by atoms with E-state index in [4.69, 9.17) is 0 Å². The van der Waals surface area contributed by atoms with Crippen molar-refractivity contribution in [2.24, 2.45) is 0 Å². The standard InChI is InChI=1S/C15H14F3N3O2/c16-15(17,18)11-23-14(22)21(9-12-5-1-3-7-19-12)10-13-6-2-4-8-20-13/h1-8H,9-11H2. The molecule has 5 nitrogen and oxygen atoms in total. The van der Waals surface area contributed by atoms with Gasteiger partial charge in [0.2, 0.25) is 0 Å². The molecule has 0 bridgehead atoms. The molecular weight excluding hydrogens is 311 g/mol. The molecule has 0 spiro atoms. The molecule has 2 aromatic rings. The molecule has 8 heteroatoms. The Kier molecular flexibility index (Phi) is 5.51. The molecule has 2 heterocycles. The van der Waals surface area contributed by atoms with E-state index in [1.165, 1.54) is 12.4 Å². The third kappa shape index (κ3) is 5.93. The molecule has 1 amide bonds. The summed E-state index contributed by atoms with van der Waals surface area (Å²) in [5.41, 5.74) is 1.07. The van der Waals surface area contributed by atoms with E-state index in [9.17, 15) is 18.0 Å². The lowest BCUT2D eigenvalue weighted by Gasteiger charge is -2.22. The van der Waals surface area contributed by atoms with E-state index < -0.39 is 18.9 Å². The summed E-state index contributed by atoms with van der Waals surface area (Å²) in [4.78, 5) is 21.2. The first-order valence-corrected chi connectivity index (χ1v) is 6.72. The maximum atomic E-state index is 12.2. The van der Waals surface area contributed by atoms with Gasteiger partial charge < -0.3 is 4.74 Å². The lowest BCUT2D eigenvalue weighted by molar-refractivity contribution is -0.162. The number of nitrogens with zero attached hydrogens (tertiary/aromatic N) is 3. The van der Waals surface area contributed by atoms with Gasteiger partial charge in [-0.1, -0.05) is 12.1 Å². The summed E-state index contributed by atoms with van der Waals surface area (Å²) in [6.45, 7) is -1.59. The Labute approximate surface area is 130 Å². The molecule has 0 N–H and O–H groups in total. The van der Waals surface area contributed by atoms with Crippen molar-refractivity contribution in [2.75, 3.05) is 6.61 Å². The second-order valence-corrected chi connectivity index (χ2v) is 4.67. The normalized spacial score (nSPS) is 11.1. The summed E-state index contributed by atoms with van der Waals surface area (Å²) in [6, 6.07) is 10.2. The maximum absolute atomic E-state index is 12.2. The van der Waals surface area contributed by atoms with Crippen LogP contribution in [-0.4, -0.2) is 33.7 Å². The third-order valence-corrected chi connectivity index (χ3v) is 2.78. The number of hydrogen-bond acceptors (Lipinski definition) is 4. The quantitative estimate of drug-likeness (QED) is 0.847. The van der Waals surface area contributed by atoms with Crippen LogP contribution in [0.15, 0.2) is 48.8 Å². The van der Waals surface area contributed by atoms with Gasteiger partial charge in [0.1, 0.15) is 0 Å². The molecule has 0 aliphatic carbocycles. The molecule has 122 valence electrons. The Morgan fingerprint density at radius 1 is 1.00 bits per heavy atom. The van der Waals surface area contributed by atoms with Crippen molar-refractivity contribution in [3.8, 4) is 0 Å². The highest BCUT2D eigenvalue weighted by Crippen LogP contribution is 2.16. The van der Waals surface area contributed by atoms with Crippen molar-refractivity contribution < 1.29 is 22.7 Å². The van der Waals surface area contributed by atoms with E-state index in [1.54, 1.807) is 36.4 Å². The highest BCUT2D eigenvalue weighted by molar-refractivity contribution is 5.67. The van der Waals surface area contributed by atoms with Gasteiger partial charge in [-0.15, -0.1) is 0 Å². The van der Waals surface area contributed by atoms with Crippen LogP contribution in [0.5, 0.6) is 0 Å². The number of rotatable bonds is 5. The van der Waals surface area contributed by atoms with E-state index in [1.807, 2.05) is 0 Å². The largest absolute Gasteiger partial charge is 0.440 e. The van der Waals surface area contributed by atoms with Gasteiger partial charge in [0, 0.05) is 12.4 Å². The molecule has 0 aliphatic rings. The lowest BCUT2D eigenvalue weighted by Crippen LogP contribution is -2.33. The van der Waals surface area contributed by atoms with Gasteiger partial charge >= 0.3 is 12.3 Å². The van der Waals surface area contributed by atoms with Crippen LogP contribution in [0.4, 0.5) is 18.0 Å². The zero-order valence-electron chi connectivity index (χ0n) is 12.0. The second kappa shape index (κ2) is 7.57. The third-order valence-electron chi connectivity index (χ3n) is 2.78. The van der Waals surface area contributed by atoms with Gasteiger partial charge in [-0.3, -0.25) is 14.9 Å². The van der Waals surface area contributed by atoms with E-state index in [-0.39, 0.29) is 13.1 Å². The summed E-state index contributed by atoms with van der Waals surface area (Å²) >= 11 is 0. The molecule has 2 rings (SSSR count). The summed E-state index contributed by atoms with van der Waals surface area (Å²) < 4.78 is 41.0. The van der Waals surface area contributed by atoms with Gasteiger partial charge in [-0.25, -0.2) is 4.79 Å². The van der Waals surface area contributed by atoms with Crippen LogP contribution < -0.4 is 0 Å². The zero-order chi connectivity index (χ0) is 16.7. The number of hydrogen-bond donors (Lipinski definition) is 0. The van der Waals surface area contributed by atoms with Gasteiger partial charge in [-0.2, -0.15) is 13.2 Å². The average molecular weight is 325 g/mol. The second-order valence-electron chi connectivity index (χ2n) is 4.67. The molecule has 0 radical (unpaired) electrons. The van der Waals surface area contributed by atoms with Crippen LogP contribution in [0.3, 0.4) is 0 Å². The summed E-state index contributed by atoms with van der Waals surface area (Å²) in [6.07, 6.45) is -2.57. The molecule has 0 unspecified atom stereocenters.